The van der Waals surface area contributed by atoms with E-state index in [1.165, 1.54) is 12.2 Å². The van der Waals surface area contributed by atoms with Crippen LogP contribution in [0.4, 0.5) is 26.3 Å². The van der Waals surface area contributed by atoms with Crippen molar-refractivity contribution in [2.45, 2.75) is 30.6 Å². The van der Waals surface area contributed by atoms with E-state index in [0.717, 1.165) is 12.1 Å². The van der Waals surface area contributed by atoms with Gasteiger partial charge in [-0.05, 0) is 59.4 Å². The second-order valence-corrected chi connectivity index (χ2v) is 7.18. The average molecular weight is 472 g/mol. The van der Waals surface area contributed by atoms with Crippen molar-refractivity contribution in [2.24, 2.45) is 0 Å². The summed E-state index contributed by atoms with van der Waals surface area (Å²) in [6.45, 7) is 6.75. The Bertz CT molecular complexity index is 1010. The minimum atomic E-state index is -6.02. The van der Waals surface area contributed by atoms with E-state index in [2.05, 4.69) is 13.2 Å². The van der Waals surface area contributed by atoms with Gasteiger partial charge in [-0.1, -0.05) is 24.3 Å². The summed E-state index contributed by atoms with van der Waals surface area (Å²) in [7, 11) is 0. The Morgan fingerprint density at radius 1 is 0.697 bits per heavy atom. The minimum Gasteiger partial charge on any atom is -0.478 e. The zero-order chi connectivity index (χ0) is 25.2. The summed E-state index contributed by atoms with van der Waals surface area (Å²) in [5.41, 5.74) is -9.36. The maximum absolute atomic E-state index is 14.5. The number of alkyl halides is 6. The number of hydrogen-bond donors (Lipinski definition) is 2. The molecule has 0 saturated heterocycles. The van der Waals surface area contributed by atoms with Crippen LogP contribution in [0.5, 0.6) is 0 Å². The number of aromatic carboxylic acids is 2. The lowest BCUT2D eigenvalue weighted by atomic mass is 9.71. The molecule has 2 rings (SSSR count). The van der Waals surface area contributed by atoms with Crippen LogP contribution < -0.4 is 0 Å². The Balaban J connectivity index is 3.13. The van der Waals surface area contributed by atoms with Crippen molar-refractivity contribution in [1.82, 2.24) is 0 Å². The highest BCUT2D eigenvalue weighted by Crippen LogP contribution is 2.56. The molecule has 2 aromatic carbocycles. The molecule has 0 radical (unpaired) electrons. The predicted molar refractivity (Wildman–Crippen MR) is 107 cm³/mol. The third-order valence-electron chi connectivity index (χ3n) is 4.96. The zero-order valence-electron chi connectivity index (χ0n) is 16.9. The van der Waals surface area contributed by atoms with Crippen molar-refractivity contribution < 1.29 is 46.1 Å². The first kappa shape index (κ1) is 25.7. The molecule has 0 bridgehead atoms. The number of rotatable bonds is 8. The maximum atomic E-state index is 14.5. The third-order valence-corrected chi connectivity index (χ3v) is 4.96. The van der Waals surface area contributed by atoms with Crippen LogP contribution >= 0.6 is 0 Å². The fourth-order valence-electron chi connectivity index (χ4n) is 3.62. The largest absolute Gasteiger partial charge is 0.478 e. The molecular formula is C23H18F6O4. The van der Waals surface area contributed by atoms with Gasteiger partial charge in [0.05, 0.1) is 11.1 Å². The third kappa shape index (κ3) is 4.79. The topological polar surface area (TPSA) is 74.6 Å². The molecule has 0 aliphatic rings. The van der Waals surface area contributed by atoms with Crippen molar-refractivity contribution in [3.8, 4) is 0 Å². The summed E-state index contributed by atoms with van der Waals surface area (Å²) in [5, 5.41) is 18.6. The Labute approximate surface area is 184 Å². The van der Waals surface area contributed by atoms with Gasteiger partial charge in [0.2, 0.25) is 5.41 Å². The molecule has 0 amide bonds. The number of carboxylic acids is 2. The van der Waals surface area contributed by atoms with Gasteiger partial charge in [-0.25, -0.2) is 9.59 Å². The van der Waals surface area contributed by atoms with Crippen molar-refractivity contribution in [3.63, 3.8) is 0 Å². The highest BCUT2D eigenvalue weighted by molar-refractivity contribution is 5.89. The van der Waals surface area contributed by atoms with Crippen LogP contribution in [-0.4, -0.2) is 34.5 Å². The smallest absolute Gasteiger partial charge is 0.411 e. The number of carbonyl (C=O) groups is 2. The Morgan fingerprint density at radius 2 is 1.03 bits per heavy atom. The molecule has 176 valence electrons. The van der Waals surface area contributed by atoms with Crippen LogP contribution in [0.3, 0.4) is 0 Å². The lowest BCUT2D eigenvalue weighted by molar-refractivity contribution is -0.288. The Hall–Kier alpha value is -3.56. The molecule has 0 unspecified atom stereocenters. The van der Waals surface area contributed by atoms with E-state index in [0.29, 0.717) is 24.3 Å². The van der Waals surface area contributed by atoms with E-state index in [9.17, 15) is 46.1 Å². The summed E-state index contributed by atoms with van der Waals surface area (Å²) in [5.74, 6) is -3.46. The molecule has 0 fully saturated rings. The molecule has 0 aliphatic heterocycles. The molecule has 0 aliphatic carbocycles. The van der Waals surface area contributed by atoms with Crippen molar-refractivity contribution in [1.29, 1.82) is 0 Å². The second-order valence-electron chi connectivity index (χ2n) is 7.18. The van der Waals surface area contributed by atoms with Gasteiger partial charge in [0.25, 0.3) is 0 Å². The van der Waals surface area contributed by atoms with Gasteiger partial charge in [-0.2, -0.15) is 26.3 Å². The number of allylic oxidation sites excluding steroid dienone is 2. The summed E-state index contributed by atoms with van der Waals surface area (Å²) in [6, 6.07) is 3.71. The van der Waals surface area contributed by atoms with E-state index in [4.69, 9.17) is 0 Å². The van der Waals surface area contributed by atoms with Crippen LogP contribution in [0.1, 0.15) is 43.0 Å². The van der Waals surface area contributed by atoms with E-state index in [1.807, 2.05) is 0 Å². The second kappa shape index (κ2) is 9.13. The fourth-order valence-corrected chi connectivity index (χ4v) is 3.62. The summed E-state index contributed by atoms with van der Waals surface area (Å²) in [4.78, 5) is 23.0. The number of hydrogen-bond acceptors (Lipinski definition) is 2. The lowest BCUT2D eigenvalue weighted by Crippen LogP contribution is -2.55. The van der Waals surface area contributed by atoms with Gasteiger partial charge in [0.1, 0.15) is 0 Å². The van der Waals surface area contributed by atoms with Crippen LogP contribution in [0.15, 0.2) is 61.7 Å². The molecule has 0 atom stereocenters. The van der Waals surface area contributed by atoms with Crippen molar-refractivity contribution in [2.75, 3.05) is 0 Å². The van der Waals surface area contributed by atoms with E-state index in [1.54, 1.807) is 0 Å². The number of carboxylic acid groups (broad SMARTS) is 2. The summed E-state index contributed by atoms with van der Waals surface area (Å²) in [6.07, 6.45) is -10.0. The van der Waals surface area contributed by atoms with E-state index >= 15 is 0 Å². The van der Waals surface area contributed by atoms with Crippen LogP contribution in [-0.2, 0) is 18.3 Å². The van der Waals surface area contributed by atoms with E-state index in [-0.39, 0.29) is 24.0 Å². The number of benzene rings is 2. The Kier molecular flexibility index (Phi) is 7.11. The maximum Gasteiger partial charge on any atom is 0.411 e. The molecule has 0 aromatic heterocycles. The zero-order valence-corrected chi connectivity index (χ0v) is 16.9. The highest BCUT2D eigenvalue weighted by Gasteiger charge is 2.72. The highest BCUT2D eigenvalue weighted by atomic mass is 19.4. The fraction of sp³-hybridized carbons (Fsp3) is 0.217. The van der Waals surface area contributed by atoms with Crippen LogP contribution in [0.2, 0.25) is 0 Å². The molecule has 0 heterocycles. The quantitative estimate of drug-likeness (QED) is 0.368. The molecular weight excluding hydrogens is 454 g/mol. The molecule has 10 heteroatoms. The predicted octanol–water partition coefficient (Wildman–Crippen LogP) is 5.95. The lowest BCUT2D eigenvalue weighted by Gasteiger charge is -2.39. The summed E-state index contributed by atoms with van der Waals surface area (Å²) < 4.78 is 86.9. The van der Waals surface area contributed by atoms with Gasteiger partial charge in [0.15, 0.2) is 0 Å². The van der Waals surface area contributed by atoms with Crippen LogP contribution in [0, 0.1) is 0 Å². The van der Waals surface area contributed by atoms with Gasteiger partial charge >= 0.3 is 24.3 Å². The molecule has 33 heavy (non-hydrogen) atoms. The standard InChI is InChI=1S/C23H18F6O4/c1-3-5-13-7-15(19(30)31)11-17(9-13)21(22(24,25)26,23(27,28)29)18-10-14(6-4-2)8-16(12-18)20(32)33/h3-4,7-12H,1-2,5-6H2,(H,30,31)(H,32,33). The van der Waals surface area contributed by atoms with Gasteiger partial charge < -0.3 is 10.2 Å². The molecule has 2 aromatic rings. The first-order valence-electron chi connectivity index (χ1n) is 9.29. The van der Waals surface area contributed by atoms with Gasteiger partial charge in [-0.15, -0.1) is 13.2 Å². The van der Waals surface area contributed by atoms with Gasteiger partial charge in [0, 0.05) is 0 Å². The first-order chi connectivity index (χ1) is 15.2. The molecule has 0 spiro atoms. The van der Waals surface area contributed by atoms with Crippen molar-refractivity contribution in [3.05, 3.63) is 95.1 Å². The average Bonchev–Trinajstić information content (AvgIpc) is 2.66. The molecule has 0 saturated carbocycles. The summed E-state index contributed by atoms with van der Waals surface area (Å²) >= 11 is 0. The number of halogens is 6. The SMILES string of the molecule is C=CCc1cc(C(=O)O)cc(C(c2cc(CC=C)cc(C(=O)O)c2)(C(F)(F)F)C(F)(F)F)c1. The monoisotopic (exact) mass is 472 g/mol. The van der Waals surface area contributed by atoms with E-state index < -0.39 is 52.0 Å². The van der Waals surface area contributed by atoms with Gasteiger partial charge in [-0.3, -0.25) is 0 Å². The van der Waals surface area contributed by atoms with Crippen molar-refractivity contribution >= 4 is 11.9 Å². The Morgan fingerprint density at radius 3 is 1.27 bits per heavy atom. The minimum absolute atomic E-state index is 0.140. The van der Waals surface area contributed by atoms with Crippen LogP contribution in [0.25, 0.3) is 0 Å². The molecule has 2 N–H and O–H groups in total. The normalized spacial score (nSPS) is 12.3. The molecule has 4 nitrogen and oxygen atoms in total. The first-order valence-corrected chi connectivity index (χ1v) is 9.29.